The largest absolute Gasteiger partial charge is 0.544 e. The number of nitrogens with zero attached hydrogens (tertiary/aromatic N) is 3. The molecular weight excluding hydrogens is 408 g/mol. The Balaban J connectivity index is 2.00. The van der Waals surface area contributed by atoms with Crippen LogP contribution < -0.4 is 15.7 Å². The number of hydrogen-bond acceptors (Lipinski definition) is 4. The van der Waals surface area contributed by atoms with Crippen molar-refractivity contribution in [3.05, 3.63) is 45.1 Å². The molecule has 0 aliphatic carbocycles. The third-order valence-electron chi connectivity index (χ3n) is 5.18. The van der Waals surface area contributed by atoms with Gasteiger partial charge in [-0.2, -0.15) is 0 Å². The molecule has 7 nitrogen and oxygen atoms in total. The molecule has 3 aromatic rings. The smallest absolute Gasteiger partial charge is 0.332 e. The minimum atomic E-state index is -1.78. The SMILES string of the molecule is CCCn1c(=O)c2[nH]c(-c3ccc(O[Si](C)(C)CC(C)C)cc3)nc2n(CCC)c1=O. The number of aromatic nitrogens is 4. The van der Waals surface area contributed by atoms with Crippen LogP contribution in [0.1, 0.15) is 40.5 Å². The van der Waals surface area contributed by atoms with E-state index in [0.29, 0.717) is 42.4 Å². The molecule has 0 fully saturated rings. The lowest BCUT2D eigenvalue weighted by Gasteiger charge is -2.25. The van der Waals surface area contributed by atoms with Crippen LogP contribution in [0.15, 0.2) is 33.9 Å². The number of aryl methyl sites for hydroxylation is 1. The van der Waals surface area contributed by atoms with Crippen molar-refractivity contribution in [2.75, 3.05) is 0 Å². The van der Waals surface area contributed by atoms with Gasteiger partial charge in [-0.15, -0.1) is 0 Å². The number of fused-ring (bicyclic) bond motifs is 1. The monoisotopic (exact) mass is 442 g/mol. The van der Waals surface area contributed by atoms with Crippen molar-refractivity contribution >= 4 is 19.5 Å². The Morgan fingerprint density at radius 2 is 1.65 bits per heavy atom. The van der Waals surface area contributed by atoms with Crippen LogP contribution in [0.5, 0.6) is 5.75 Å². The van der Waals surface area contributed by atoms with Crippen LogP contribution in [-0.4, -0.2) is 27.4 Å². The van der Waals surface area contributed by atoms with Crippen LogP contribution in [0.3, 0.4) is 0 Å². The van der Waals surface area contributed by atoms with Crippen LogP contribution in [0.2, 0.25) is 19.1 Å². The number of imidazole rings is 1. The maximum absolute atomic E-state index is 12.9. The fourth-order valence-corrected chi connectivity index (χ4v) is 7.00. The molecule has 0 atom stereocenters. The van der Waals surface area contributed by atoms with E-state index in [-0.39, 0.29) is 11.2 Å². The second-order valence-electron chi connectivity index (χ2n) is 9.16. The predicted octanol–water partition coefficient (Wildman–Crippen LogP) is 4.61. The average molecular weight is 443 g/mol. The molecule has 0 amide bonds. The molecule has 0 radical (unpaired) electrons. The van der Waals surface area contributed by atoms with E-state index in [0.717, 1.165) is 23.8 Å². The normalized spacial score (nSPS) is 12.1. The van der Waals surface area contributed by atoms with Crippen molar-refractivity contribution in [3.63, 3.8) is 0 Å². The van der Waals surface area contributed by atoms with Gasteiger partial charge in [0.1, 0.15) is 17.1 Å². The third-order valence-corrected chi connectivity index (χ3v) is 7.77. The van der Waals surface area contributed by atoms with E-state index < -0.39 is 8.32 Å². The van der Waals surface area contributed by atoms with Crippen molar-refractivity contribution in [1.29, 1.82) is 0 Å². The molecule has 1 aromatic carbocycles. The number of hydrogen-bond donors (Lipinski definition) is 1. The van der Waals surface area contributed by atoms with Crippen molar-refractivity contribution in [1.82, 2.24) is 19.1 Å². The van der Waals surface area contributed by atoms with Crippen molar-refractivity contribution in [2.24, 2.45) is 5.92 Å². The molecule has 2 aromatic heterocycles. The van der Waals surface area contributed by atoms with Gasteiger partial charge in [-0.3, -0.25) is 13.9 Å². The highest BCUT2D eigenvalue weighted by atomic mass is 28.4. The summed E-state index contributed by atoms with van der Waals surface area (Å²) in [6.07, 6.45) is 1.50. The Labute approximate surface area is 184 Å². The van der Waals surface area contributed by atoms with Gasteiger partial charge in [0.2, 0.25) is 8.32 Å². The molecule has 1 N–H and O–H groups in total. The van der Waals surface area contributed by atoms with E-state index in [9.17, 15) is 9.59 Å². The maximum Gasteiger partial charge on any atom is 0.332 e. The van der Waals surface area contributed by atoms with E-state index >= 15 is 0 Å². The zero-order valence-electron chi connectivity index (χ0n) is 19.5. The fraction of sp³-hybridized carbons (Fsp3) is 0.522. The van der Waals surface area contributed by atoms with E-state index in [1.807, 2.05) is 38.1 Å². The summed E-state index contributed by atoms with van der Waals surface area (Å²) in [5.41, 5.74) is 1.05. The number of nitrogens with one attached hydrogen (secondary N) is 1. The summed E-state index contributed by atoms with van der Waals surface area (Å²) in [6.45, 7) is 13.8. The summed E-state index contributed by atoms with van der Waals surface area (Å²) in [5, 5.41) is 0. The standard InChI is InChI=1S/C23H34N4O3Si/c1-7-13-26-21-19(22(28)27(14-8-2)23(26)29)24-20(25-21)17-9-11-18(12-10-17)30-31(5,6)15-16(3)4/h9-12,16H,7-8,13-15H2,1-6H3,(H,24,25). The molecule has 0 saturated carbocycles. The molecule has 0 saturated heterocycles. The second kappa shape index (κ2) is 9.26. The molecular formula is C23H34N4O3Si. The Hall–Kier alpha value is -2.61. The Bertz CT molecular complexity index is 1160. The van der Waals surface area contributed by atoms with Gasteiger partial charge in [0.25, 0.3) is 5.56 Å². The topological polar surface area (TPSA) is 81.9 Å². The van der Waals surface area contributed by atoms with Gasteiger partial charge in [-0.05, 0) is 62.2 Å². The van der Waals surface area contributed by atoms with Crippen LogP contribution in [0.25, 0.3) is 22.6 Å². The van der Waals surface area contributed by atoms with Crippen molar-refractivity contribution in [2.45, 2.75) is 72.8 Å². The fourth-order valence-electron chi connectivity index (χ4n) is 4.17. The predicted molar refractivity (Wildman–Crippen MR) is 128 cm³/mol. The number of benzene rings is 1. The first kappa shape index (κ1) is 23.1. The zero-order chi connectivity index (χ0) is 22.8. The maximum atomic E-state index is 12.9. The van der Waals surface area contributed by atoms with Gasteiger partial charge in [0.05, 0.1) is 0 Å². The van der Waals surface area contributed by atoms with E-state index in [2.05, 4.69) is 36.9 Å². The zero-order valence-corrected chi connectivity index (χ0v) is 20.5. The minimum Gasteiger partial charge on any atom is -0.544 e. The lowest BCUT2D eigenvalue weighted by atomic mass is 10.2. The van der Waals surface area contributed by atoms with Crippen LogP contribution in [0.4, 0.5) is 0 Å². The van der Waals surface area contributed by atoms with Crippen LogP contribution in [-0.2, 0) is 13.1 Å². The van der Waals surface area contributed by atoms with Crippen molar-refractivity contribution in [3.8, 4) is 17.1 Å². The van der Waals surface area contributed by atoms with Crippen LogP contribution >= 0.6 is 0 Å². The molecule has 168 valence electrons. The number of rotatable bonds is 9. The number of aromatic amines is 1. The van der Waals surface area contributed by atoms with E-state index in [1.165, 1.54) is 4.57 Å². The summed E-state index contributed by atoms with van der Waals surface area (Å²) in [4.78, 5) is 33.5. The van der Waals surface area contributed by atoms with E-state index in [1.54, 1.807) is 4.57 Å². The summed E-state index contributed by atoms with van der Waals surface area (Å²) in [7, 11) is -1.78. The molecule has 0 aliphatic heterocycles. The van der Waals surface area contributed by atoms with Gasteiger partial charge in [0, 0.05) is 18.7 Å². The lowest BCUT2D eigenvalue weighted by Crippen LogP contribution is -2.40. The second-order valence-corrected chi connectivity index (χ2v) is 13.3. The molecule has 0 unspecified atom stereocenters. The minimum absolute atomic E-state index is 0.291. The van der Waals surface area contributed by atoms with Crippen LogP contribution in [0, 0.1) is 5.92 Å². The summed E-state index contributed by atoms with van der Waals surface area (Å²) < 4.78 is 9.21. The molecule has 8 heteroatoms. The molecule has 0 aliphatic rings. The summed E-state index contributed by atoms with van der Waals surface area (Å²) in [5.74, 6) is 2.04. The molecule has 2 heterocycles. The Morgan fingerprint density at radius 3 is 2.23 bits per heavy atom. The van der Waals surface area contributed by atoms with Gasteiger partial charge in [0.15, 0.2) is 5.65 Å². The first-order valence-electron chi connectivity index (χ1n) is 11.2. The van der Waals surface area contributed by atoms with Crippen molar-refractivity contribution < 1.29 is 4.43 Å². The highest BCUT2D eigenvalue weighted by Crippen LogP contribution is 2.25. The van der Waals surface area contributed by atoms with Gasteiger partial charge < -0.3 is 9.41 Å². The molecule has 0 bridgehead atoms. The first-order valence-corrected chi connectivity index (χ1v) is 14.3. The first-order chi connectivity index (χ1) is 14.7. The summed E-state index contributed by atoms with van der Waals surface area (Å²) in [6, 6.07) is 8.88. The quantitative estimate of drug-likeness (QED) is 0.491. The van der Waals surface area contributed by atoms with Gasteiger partial charge >= 0.3 is 5.69 Å². The summed E-state index contributed by atoms with van der Waals surface area (Å²) >= 11 is 0. The lowest BCUT2D eigenvalue weighted by molar-refractivity contribution is 0.528. The highest BCUT2D eigenvalue weighted by Gasteiger charge is 2.25. The van der Waals surface area contributed by atoms with Gasteiger partial charge in [-0.1, -0.05) is 27.7 Å². The Kier molecular flexibility index (Phi) is 6.89. The molecule has 3 rings (SSSR count). The highest BCUT2D eigenvalue weighted by molar-refractivity contribution is 6.71. The number of H-pyrrole nitrogens is 1. The van der Waals surface area contributed by atoms with E-state index in [4.69, 9.17) is 4.43 Å². The average Bonchev–Trinajstić information content (AvgIpc) is 3.13. The Morgan fingerprint density at radius 1 is 1.03 bits per heavy atom. The van der Waals surface area contributed by atoms with Gasteiger partial charge in [-0.25, -0.2) is 9.78 Å². The molecule has 0 spiro atoms. The molecule has 31 heavy (non-hydrogen) atoms. The third kappa shape index (κ3) is 5.00.